The lowest BCUT2D eigenvalue weighted by atomic mass is 10.1. The monoisotopic (exact) mass is 220 g/mol. The number of thiocarbonyl (C=S) groups is 1. The number of anilines is 2. The third-order valence-electron chi connectivity index (χ3n) is 2.84. The van der Waals surface area contributed by atoms with Gasteiger partial charge in [-0.2, -0.15) is 0 Å². The van der Waals surface area contributed by atoms with Crippen molar-refractivity contribution in [3.63, 3.8) is 0 Å². The maximum Gasteiger partial charge on any atom is 0.0823 e. The van der Waals surface area contributed by atoms with Crippen LogP contribution in [-0.4, -0.2) is 11.5 Å². The number of nitrogen functional groups attached to an aromatic ring is 1. The second kappa shape index (κ2) is 4.19. The summed E-state index contributed by atoms with van der Waals surface area (Å²) in [4.78, 5) is 3.31. The van der Waals surface area contributed by atoms with Crippen molar-refractivity contribution in [2.45, 2.75) is 26.2 Å². The number of hydrogen-bond donors (Lipinski definition) is 1. The van der Waals surface area contributed by atoms with Gasteiger partial charge in [-0.05, 0) is 49.9 Å². The maximum atomic E-state index is 5.74. The lowest BCUT2D eigenvalue weighted by molar-refractivity contribution is 0.719. The zero-order chi connectivity index (χ0) is 10.8. The molecule has 3 heteroatoms. The van der Waals surface area contributed by atoms with E-state index in [9.17, 15) is 0 Å². The summed E-state index contributed by atoms with van der Waals surface area (Å²) in [6.07, 6.45) is 3.49. The average molecular weight is 220 g/mol. The van der Waals surface area contributed by atoms with E-state index in [1.54, 1.807) is 0 Å². The topological polar surface area (TPSA) is 29.3 Å². The molecule has 0 amide bonds. The first-order valence-electron chi connectivity index (χ1n) is 5.35. The molecule has 0 aliphatic carbocycles. The third-order valence-corrected chi connectivity index (χ3v) is 3.26. The summed E-state index contributed by atoms with van der Waals surface area (Å²) < 4.78 is 0. The van der Waals surface area contributed by atoms with Crippen LogP contribution in [0, 0.1) is 6.92 Å². The molecular weight excluding hydrogens is 204 g/mol. The van der Waals surface area contributed by atoms with Crippen molar-refractivity contribution in [1.82, 2.24) is 0 Å². The molecule has 0 aromatic heterocycles. The molecule has 80 valence electrons. The molecule has 2 N–H and O–H groups in total. The van der Waals surface area contributed by atoms with Gasteiger partial charge in [0.2, 0.25) is 0 Å². The summed E-state index contributed by atoms with van der Waals surface area (Å²) in [5.74, 6) is 0. The highest BCUT2D eigenvalue weighted by Gasteiger charge is 2.17. The van der Waals surface area contributed by atoms with Crippen LogP contribution in [0.4, 0.5) is 11.4 Å². The van der Waals surface area contributed by atoms with Gasteiger partial charge in [0, 0.05) is 17.9 Å². The zero-order valence-corrected chi connectivity index (χ0v) is 9.81. The van der Waals surface area contributed by atoms with Gasteiger partial charge in [-0.3, -0.25) is 0 Å². The van der Waals surface area contributed by atoms with Crippen molar-refractivity contribution >= 4 is 28.6 Å². The Hall–Kier alpha value is -1.09. The van der Waals surface area contributed by atoms with E-state index >= 15 is 0 Å². The molecule has 0 saturated carbocycles. The van der Waals surface area contributed by atoms with E-state index in [0.717, 1.165) is 23.6 Å². The summed E-state index contributed by atoms with van der Waals surface area (Å²) in [5, 5.41) is 0. The van der Waals surface area contributed by atoms with Gasteiger partial charge in [-0.25, -0.2) is 0 Å². The lowest BCUT2D eigenvalue weighted by Gasteiger charge is -2.30. The predicted molar refractivity (Wildman–Crippen MR) is 69.4 cm³/mol. The smallest absolute Gasteiger partial charge is 0.0823 e. The molecule has 1 fully saturated rings. The molecule has 1 aromatic carbocycles. The first-order valence-corrected chi connectivity index (χ1v) is 5.76. The van der Waals surface area contributed by atoms with Crippen LogP contribution in [0.25, 0.3) is 0 Å². The van der Waals surface area contributed by atoms with Crippen LogP contribution >= 0.6 is 12.2 Å². The fourth-order valence-electron chi connectivity index (χ4n) is 2.04. The highest BCUT2D eigenvalue weighted by molar-refractivity contribution is 7.80. The second-order valence-corrected chi connectivity index (χ2v) is 4.52. The molecule has 1 aliphatic rings. The fraction of sp³-hybridized carbons (Fsp3) is 0.417. The van der Waals surface area contributed by atoms with Crippen LogP contribution in [0.1, 0.15) is 24.8 Å². The Bertz CT molecular complexity index is 387. The molecule has 1 saturated heterocycles. The fourth-order valence-corrected chi connectivity index (χ4v) is 2.38. The summed E-state index contributed by atoms with van der Waals surface area (Å²) in [6.45, 7) is 3.13. The second-order valence-electron chi connectivity index (χ2n) is 4.05. The number of hydrogen-bond acceptors (Lipinski definition) is 2. The lowest BCUT2D eigenvalue weighted by Crippen LogP contribution is -2.34. The van der Waals surface area contributed by atoms with Gasteiger partial charge in [0.05, 0.1) is 4.99 Å². The normalized spacial score (nSPS) is 16.9. The Kier molecular flexibility index (Phi) is 2.91. The quantitative estimate of drug-likeness (QED) is 0.583. The molecule has 1 aliphatic heterocycles. The van der Waals surface area contributed by atoms with Crippen molar-refractivity contribution < 1.29 is 0 Å². The molecule has 0 radical (unpaired) electrons. The Balaban J connectivity index is 2.31. The molecule has 15 heavy (non-hydrogen) atoms. The van der Waals surface area contributed by atoms with E-state index in [-0.39, 0.29) is 0 Å². The summed E-state index contributed by atoms with van der Waals surface area (Å²) in [6, 6.07) is 6.02. The SMILES string of the molecule is Cc1cc(N)ccc1N1CCCCC1=S. The van der Waals surface area contributed by atoms with Crippen molar-refractivity contribution in [1.29, 1.82) is 0 Å². The Morgan fingerprint density at radius 2 is 2.13 bits per heavy atom. The molecule has 0 spiro atoms. The Morgan fingerprint density at radius 1 is 1.33 bits per heavy atom. The van der Waals surface area contributed by atoms with Gasteiger partial charge in [-0.15, -0.1) is 0 Å². The maximum absolute atomic E-state index is 5.74. The van der Waals surface area contributed by atoms with Crippen molar-refractivity contribution in [2.75, 3.05) is 17.2 Å². The molecular formula is C12H16N2S. The molecule has 2 nitrogen and oxygen atoms in total. The number of nitrogens with zero attached hydrogens (tertiary/aromatic N) is 1. The Labute approximate surface area is 96.1 Å². The van der Waals surface area contributed by atoms with Gasteiger partial charge in [0.15, 0.2) is 0 Å². The van der Waals surface area contributed by atoms with Gasteiger partial charge < -0.3 is 10.6 Å². The first-order chi connectivity index (χ1) is 7.18. The van der Waals surface area contributed by atoms with E-state index in [0.29, 0.717) is 0 Å². The van der Waals surface area contributed by atoms with Crippen molar-refractivity contribution in [2.24, 2.45) is 0 Å². The average Bonchev–Trinajstić information content (AvgIpc) is 2.20. The highest BCUT2D eigenvalue weighted by Crippen LogP contribution is 2.26. The van der Waals surface area contributed by atoms with Crippen LogP contribution in [0.3, 0.4) is 0 Å². The summed E-state index contributed by atoms with van der Waals surface area (Å²) >= 11 is 5.40. The van der Waals surface area contributed by atoms with Gasteiger partial charge in [0.1, 0.15) is 0 Å². The number of aryl methyl sites for hydroxylation is 1. The minimum Gasteiger partial charge on any atom is -0.399 e. The van der Waals surface area contributed by atoms with Crippen LogP contribution in [0.5, 0.6) is 0 Å². The van der Waals surface area contributed by atoms with Crippen LogP contribution in [0.15, 0.2) is 18.2 Å². The van der Waals surface area contributed by atoms with Gasteiger partial charge >= 0.3 is 0 Å². The molecule has 2 rings (SSSR count). The highest BCUT2D eigenvalue weighted by atomic mass is 32.1. The molecule has 0 atom stereocenters. The van der Waals surface area contributed by atoms with Crippen LogP contribution in [0.2, 0.25) is 0 Å². The molecule has 0 bridgehead atoms. The van der Waals surface area contributed by atoms with E-state index in [4.69, 9.17) is 18.0 Å². The van der Waals surface area contributed by atoms with E-state index in [2.05, 4.69) is 17.9 Å². The number of piperidine rings is 1. The molecule has 1 aromatic rings. The Morgan fingerprint density at radius 3 is 2.80 bits per heavy atom. The van der Waals surface area contributed by atoms with Crippen molar-refractivity contribution in [3.8, 4) is 0 Å². The number of nitrogens with two attached hydrogens (primary N) is 1. The number of benzene rings is 1. The standard InChI is InChI=1S/C12H16N2S/c1-9-8-10(13)5-6-11(9)14-7-3-2-4-12(14)15/h5-6,8H,2-4,7,13H2,1H3. The van der Waals surface area contributed by atoms with Crippen molar-refractivity contribution in [3.05, 3.63) is 23.8 Å². The van der Waals surface area contributed by atoms with Gasteiger partial charge in [-0.1, -0.05) is 12.2 Å². The molecule has 0 unspecified atom stereocenters. The molecule has 1 heterocycles. The summed E-state index contributed by atoms with van der Waals surface area (Å²) in [5.41, 5.74) is 8.98. The van der Waals surface area contributed by atoms with E-state index < -0.39 is 0 Å². The van der Waals surface area contributed by atoms with E-state index in [1.807, 2.05) is 12.1 Å². The van der Waals surface area contributed by atoms with E-state index in [1.165, 1.54) is 24.1 Å². The summed E-state index contributed by atoms with van der Waals surface area (Å²) in [7, 11) is 0. The van der Waals surface area contributed by atoms with Crippen LogP contribution in [-0.2, 0) is 0 Å². The first kappa shape index (κ1) is 10.4. The predicted octanol–water partition coefficient (Wildman–Crippen LogP) is 2.89. The van der Waals surface area contributed by atoms with Gasteiger partial charge in [0.25, 0.3) is 0 Å². The minimum absolute atomic E-state index is 0.819. The number of rotatable bonds is 1. The van der Waals surface area contributed by atoms with Crippen LogP contribution < -0.4 is 10.6 Å². The largest absolute Gasteiger partial charge is 0.399 e. The zero-order valence-electron chi connectivity index (χ0n) is 8.99. The minimum atomic E-state index is 0.819. The third kappa shape index (κ3) is 2.12.